The number of halogens is 2. The van der Waals surface area contributed by atoms with Crippen LogP contribution < -0.4 is 4.90 Å². The fourth-order valence-electron chi connectivity index (χ4n) is 3.38. The predicted octanol–water partition coefficient (Wildman–Crippen LogP) is 5.56. The first-order chi connectivity index (χ1) is 13.4. The van der Waals surface area contributed by atoms with E-state index in [1.807, 2.05) is 29.6 Å². The van der Waals surface area contributed by atoms with Crippen molar-refractivity contribution in [3.8, 4) is 11.3 Å². The van der Waals surface area contributed by atoms with Gasteiger partial charge in [-0.25, -0.2) is 13.4 Å². The summed E-state index contributed by atoms with van der Waals surface area (Å²) in [5, 5.41) is 3.50. The van der Waals surface area contributed by atoms with Gasteiger partial charge in [0.2, 0.25) is 0 Å². The largest absolute Gasteiger partial charge is 0.348 e. The number of sulfone groups is 1. The molecule has 28 heavy (non-hydrogen) atoms. The van der Waals surface area contributed by atoms with Crippen molar-refractivity contribution in [1.29, 1.82) is 0 Å². The average molecular weight is 453 g/mol. The van der Waals surface area contributed by atoms with E-state index in [4.69, 9.17) is 28.2 Å². The minimum absolute atomic E-state index is 0.231. The first-order valence-electron chi connectivity index (χ1n) is 8.90. The quantitative estimate of drug-likeness (QED) is 0.519. The molecule has 0 saturated carbocycles. The molecule has 4 nitrogen and oxygen atoms in total. The number of aromatic nitrogens is 1. The second-order valence-corrected chi connectivity index (χ2v) is 10.6. The van der Waals surface area contributed by atoms with Crippen LogP contribution in [0.4, 0.5) is 5.13 Å². The molecule has 0 unspecified atom stereocenters. The first-order valence-corrected chi connectivity index (χ1v) is 12.1. The van der Waals surface area contributed by atoms with Gasteiger partial charge in [-0.2, -0.15) is 0 Å². The topological polar surface area (TPSA) is 50.3 Å². The van der Waals surface area contributed by atoms with Crippen molar-refractivity contribution in [1.82, 2.24) is 4.98 Å². The fraction of sp³-hybridized carbons (Fsp3) is 0.250. The highest BCUT2D eigenvalue weighted by Gasteiger charge is 2.33. The van der Waals surface area contributed by atoms with Crippen molar-refractivity contribution in [3.63, 3.8) is 0 Å². The molecular weight excluding hydrogens is 435 g/mol. The number of benzene rings is 2. The van der Waals surface area contributed by atoms with E-state index in [2.05, 4.69) is 4.90 Å². The van der Waals surface area contributed by atoms with Gasteiger partial charge in [0, 0.05) is 29.1 Å². The van der Waals surface area contributed by atoms with Crippen LogP contribution in [-0.4, -0.2) is 31.7 Å². The van der Waals surface area contributed by atoms with Crippen LogP contribution in [0.1, 0.15) is 12.8 Å². The molecule has 0 radical (unpaired) electrons. The molecule has 0 atom stereocenters. The van der Waals surface area contributed by atoms with Crippen molar-refractivity contribution in [3.05, 3.63) is 64.0 Å². The van der Waals surface area contributed by atoms with E-state index in [9.17, 15) is 8.42 Å². The number of nitrogens with zero attached hydrogens (tertiary/aromatic N) is 2. The zero-order chi connectivity index (χ0) is 19.7. The lowest BCUT2D eigenvalue weighted by atomic mass is 10.1. The van der Waals surface area contributed by atoms with Crippen LogP contribution in [0, 0.1) is 0 Å². The molecule has 3 aromatic rings. The van der Waals surface area contributed by atoms with Crippen LogP contribution in [0.3, 0.4) is 0 Å². The molecule has 2 heterocycles. The molecule has 2 aromatic carbocycles. The Morgan fingerprint density at radius 2 is 1.68 bits per heavy atom. The van der Waals surface area contributed by atoms with Crippen LogP contribution in [0.2, 0.25) is 10.0 Å². The Morgan fingerprint density at radius 3 is 2.36 bits per heavy atom. The maximum absolute atomic E-state index is 12.9. The van der Waals surface area contributed by atoms with Crippen LogP contribution in [-0.2, 0) is 9.84 Å². The normalized spacial score (nSPS) is 15.7. The molecular formula is C20H18Cl2N2O2S2. The van der Waals surface area contributed by atoms with Crippen molar-refractivity contribution < 1.29 is 8.42 Å². The van der Waals surface area contributed by atoms with Crippen LogP contribution in [0.5, 0.6) is 0 Å². The summed E-state index contributed by atoms with van der Waals surface area (Å²) in [6.45, 7) is 1.31. The molecule has 8 heteroatoms. The zero-order valence-electron chi connectivity index (χ0n) is 14.9. The minimum atomic E-state index is -3.43. The molecule has 0 amide bonds. The molecule has 0 spiro atoms. The van der Waals surface area contributed by atoms with E-state index < -0.39 is 15.1 Å². The molecule has 146 valence electrons. The maximum atomic E-state index is 12.9. The first kappa shape index (κ1) is 19.7. The third kappa shape index (κ3) is 3.92. The SMILES string of the molecule is O=S(=O)(c1ccccc1Cl)C1CCN(c2nc(-c3ccc(Cl)cc3)cs2)CC1. The van der Waals surface area contributed by atoms with Gasteiger partial charge < -0.3 is 4.90 Å². The van der Waals surface area contributed by atoms with E-state index in [-0.39, 0.29) is 9.92 Å². The summed E-state index contributed by atoms with van der Waals surface area (Å²) < 4.78 is 25.9. The highest BCUT2D eigenvalue weighted by Crippen LogP contribution is 2.33. The third-order valence-corrected chi connectivity index (χ3v) is 8.84. The standard InChI is InChI=1S/C20H18Cl2N2O2S2/c21-15-7-5-14(6-8-15)18-13-27-20(23-18)24-11-9-16(10-12-24)28(25,26)19-4-2-1-3-17(19)22/h1-8,13,16H,9-12H2. The third-order valence-electron chi connectivity index (χ3n) is 4.93. The minimum Gasteiger partial charge on any atom is -0.348 e. The van der Waals surface area contributed by atoms with Gasteiger partial charge in [-0.15, -0.1) is 11.3 Å². The number of hydrogen-bond acceptors (Lipinski definition) is 5. The number of thiazole rings is 1. The number of piperidine rings is 1. The van der Waals surface area contributed by atoms with E-state index in [1.165, 1.54) is 0 Å². The van der Waals surface area contributed by atoms with Crippen molar-refractivity contribution in [2.75, 3.05) is 18.0 Å². The van der Waals surface area contributed by atoms with Gasteiger partial charge in [0.05, 0.1) is 20.9 Å². The van der Waals surface area contributed by atoms with E-state index in [0.29, 0.717) is 31.0 Å². The summed E-state index contributed by atoms with van der Waals surface area (Å²) in [5.74, 6) is 0. The summed E-state index contributed by atoms with van der Waals surface area (Å²) in [6, 6.07) is 14.3. The van der Waals surface area contributed by atoms with Crippen molar-refractivity contribution >= 4 is 49.5 Å². The van der Waals surface area contributed by atoms with E-state index >= 15 is 0 Å². The number of hydrogen-bond donors (Lipinski definition) is 0. The van der Waals surface area contributed by atoms with Gasteiger partial charge in [0.15, 0.2) is 15.0 Å². The van der Waals surface area contributed by atoms with Crippen LogP contribution >= 0.6 is 34.5 Å². The molecule has 1 aliphatic rings. The highest BCUT2D eigenvalue weighted by atomic mass is 35.5. The fourth-order valence-corrected chi connectivity index (χ4v) is 6.65. The van der Waals surface area contributed by atoms with Gasteiger partial charge in [0.1, 0.15) is 0 Å². The molecule has 4 rings (SSSR count). The Morgan fingerprint density at radius 1 is 1.00 bits per heavy atom. The Hall–Kier alpha value is -1.60. The lowest BCUT2D eigenvalue weighted by molar-refractivity contribution is 0.529. The Balaban J connectivity index is 1.46. The summed E-state index contributed by atoms with van der Waals surface area (Å²) in [7, 11) is -3.43. The maximum Gasteiger partial charge on any atom is 0.185 e. The monoisotopic (exact) mass is 452 g/mol. The van der Waals surface area contributed by atoms with E-state index in [0.717, 1.165) is 16.4 Å². The van der Waals surface area contributed by atoms with E-state index in [1.54, 1.807) is 35.6 Å². The molecule has 1 saturated heterocycles. The molecule has 0 aliphatic carbocycles. The molecule has 1 aliphatic heterocycles. The van der Waals surface area contributed by atoms with Gasteiger partial charge in [0.25, 0.3) is 0 Å². The van der Waals surface area contributed by atoms with Gasteiger partial charge >= 0.3 is 0 Å². The lowest BCUT2D eigenvalue weighted by Crippen LogP contribution is -2.39. The second kappa shape index (κ2) is 8.03. The summed E-state index contributed by atoms with van der Waals surface area (Å²) in [4.78, 5) is 7.11. The Kier molecular flexibility index (Phi) is 5.65. The number of anilines is 1. The second-order valence-electron chi connectivity index (χ2n) is 6.68. The van der Waals surface area contributed by atoms with Crippen LogP contribution in [0.25, 0.3) is 11.3 Å². The van der Waals surface area contributed by atoms with Gasteiger partial charge in [-0.05, 0) is 37.1 Å². The average Bonchev–Trinajstić information content (AvgIpc) is 3.19. The molecule has 1 aromatic heterocycles. The van der Waals surface area contributed by atoms with Crippen molar-refractivity contribution in [2.45, 2.75) is 23.0 Å². The Labute approximate surface area is 178 Å². The molecule has 0 bridgehead atoms. The van der Waals surface area contributed by atoms with Crippen LogP contribution in [0.15, 0.2) is 58.8 Å². The summed E-state index contributed by atoms with van der Waals surface area (Å²) >= 11 is 13.6. The predicted molar refractivity (Wildman–Crippen MR) is 116 cm³/mol. The van der Waals surface area contributed by atoms with Gasteiger partial charge in [-0.3, -0.25) is 0 Å². The number of rotatable bonds is 4. The Bertz CT molecular complexity index is 1070. The zero-order valence-corrected chi connectivity index (χ0v) is 18.0. The molecule has 0 N–H and O–H groups in total. The smallest absolute Gasteiger partial charge is 0.185 e. The van der Waals surface area contributed by atoms with Crippen molar-refractivity contribution in [2.24, 2.45) is 0 Å². The molecule has 1 fully saturated rings. The van der Waals surface area contributed by atoms with Gasteiger partial charge in [-0.1, -0.05) is 47.5 Å². The lowest BCUT2D eigenvalue weighted by Gasteiger charge is -2.31. The summed E-state index contributed by atoms with van der Waals surface area (Å²) in [5.41, 5.74) is 1.92. The summed E-state index contributed by atoms with van der Waals surface area (Å²) in [6.07, 6.45) is 1.12. The highest BCUT2D eigenvalue weighted by molar-refractivity contribution is 7.92.